The van der Waals surface area contributed by atoms with Gasteiger partial charge in [0.1, 0.15) is 11.5 Å². The molecule has 0 N–H and O–H groups in total. The van der Waals surface area contributed by atoms with Gasteiger partial charge in [0, 0.05) is 44.0 Å². The Balaban J connectivity index is 1.74. The minimum Gasteiger partial charge on any atom is -0.497 e. The van der Waals surface area contributed by atoms with Crippen molar-refractivity contribution in [3.8, 4) is 11.5 Å². The summed E-state index contributed by atoms with van der Waals surface area (Å²) < 4.78 is 10.7. The van der Waals surface area contributed by atoms with Crippen molar-refractivity contribution in [3.63, 3.8) is 0 Å². The van der Waals surface area contributed by atoms with Crippen LogP contribution in [-0.4, -0.2) is 50.4 Å². The predicted molar refractivity (Wildman–Crippen MR) is 95.6 cm³/mol. The van der Waals surface area contributed by atoms with Gasteiger partial charge in [-0.2, -0.15) is 0 Å². The molecule has 2 aromatic rings. The highest BCUT2D eigenvalue weighted by Crippen LogP contribution is 2.31. The van der Waals surface area contributed by atoms with Gasteiger partial charge in [-0.25, -0.2) is 9.97 Å². The van der Waals surface area contributed by atoms with E-state index in [0.29, 0.717) is 17.0 Å². The molecule has 0 amide bonds. The van der Waals surface area contributed by atoms with Crippen molar-refractivity contribution in [1.29, 1.82) is 0 Å². The van der Waals surface area contributed by atoms with Crippen molar-refractivity contribution in [2.24, 2.45) is 0 Å². The zero-order valence-electron chi connectivity index (χ0n) is 14.1. The summed E-state index contributed by atoms with van der Waals surface area (Å²) in [6, 6.07) is 6.28. The third-order valence-corrected chi connectivity index (χ3v) is 4.53. The summed E-state index contributed by atoms with van der Waals surface area (Å²) in [7, 11) is 5.34. The van der Waals surface area contributed by atoms with Crippen LogP contribution in [0.15, 0.2) is 30.6 Å². The van der Waals surface area contributed by atoms with Gasteiger partial charge in [-0.15, -0.1) is 0 Å². The molecule has 1 aromatic carbocycles. The Labute approximate surface area is 147 Å². The highest BCUT2D eigenvalue weighted by atomic mass is 35.5. The van der Waals surface area contributed by atoms with Gasteiger partial charge >= 0.3 is 0 Å². The summed E-state index contributed by atoms with van der Waals surface area (Å²) in [6.07, 6.45) is 4.28. The Morgan fingerprint density at radius 1 is 1.12 bits per heavy atom. The lowest BCUT2D eigenvalue weighted by Gasteiger charge is -2.25. The van der Waals surface area contributed by atoms with E-state index in [2.05, 4.69) is 19.8 Å². The highest BCUT2D eigenvalue weighted by Gasteiger charge is 2.27. The topological polar surface area (TPSA) is 50.7 Å². The lowest BCUT2D eigenvalue weighted by molar-refractivity contribution is 0.394. The fraction of sp³-hybridized carbons (Fsp3) is 0.412. The molecular formula is C17H21ClN4O2. The van der Waals surface area contributed by atoms with Gasteiger partial charge < -0.3 is 19.3 Å². The number of likely N-dealkylation sites (N-methyl/N-ethyl adjacent to an activating group) is 1. The number of anilines is 2. The minimum atomic E-state index is 0.336. The normalized spacial score (nSPS) is 17.0. The molecule has 6 nitrogen and oxygen atoms in total. The van der Waals surface area contributed by atoms with Crippen molar-refractivity contribution < 1.29 is 9.47 Å². The van der Waals surface area contributed by atoms with E-state index in [0.717, 1.165) is 36.7 Å². The molecule has 1 atom stereocenters. The minimum absolute atomic E-state index is 0.336. The molecule has 2 heterocycles. The van der Waals surface area contributed by atoms with E-state index in [1.807, 2.05) is 25.2 Å². The second-order valence-corrected chi connectivity index (χ2v) is 6.21. The quantitative estimate of drug-likeness (QED) is 0.828. The van der Waals surface area contributed by atoms with E-state index in [-0.39, 0.29) is 0 Å². The molecule has 1 fully saturated rings. The molecule has 0 spiro atoms. The van der Waals surface area contributed by atoms with Crippen LogP contribution in [0.25, 0.3) is 0 Å². The van der Waals surface area contributed by atoms with Crippen LogP contribution in [0.2, 0.25) is 5.02 Å². The van der Waals surface area contributed by atoms with Gasteiger partial charge in [-0.1, -0.05) is 11.6 Å². The maximum atomic E-state index is 5.86. The first kappa shape index (κ1) is 16.6. The molecule has 0 saturated carbocycles. The molecule has 0 radical (unpaired) electrons. The number of hydrogen-bond acceptors (Lipinski definition) is 6. The Morgan fingerprint density at radius 3 is 2.33 bits per heavy atom. The van der Waals surface area contributed by atoms with Crippen LogP contribution in [0.1, 0.15) is 6.42 Å². The van der Waals surface area contributed by atoms with E-state index < -0.39 is 0 Å². The van der Waals surface area contributed by atoms with Gasteiger partial charge in [0.2, 0.25) is 5.95 Å². The first-order valence-corrected chi connectivity index (χ1v) is 8.17. The molecule has 1 unspecified atom stereocenters. The third kappa shape index (κ3) is 3.48. The maximum absolute atomic E-state index is 5.86. The van der Waals surface area contributed by atoms with Gasteiger partial charge in [-0.3, -0.25) is 0 Å². The Morgan fingerprint density at radius 2 is 1.75 bits per heavy atom. The number of rotatable bonds is 5. The van der Waals surface area contributed by atoms with E-state index >= 15 is 0 Å². The first-order valence-electron chi connectivity index (χ1n) is 7.79. The lowest BCUT2D eigenvalue weighted by Crippen LogP contribution is -2.35. The monoisotopic (exact) mass is 348 g/mol. The van der Waals surface area contributed by atoms with Crippen molar-refractivity contribution in [3.05, 3.63) is 35.6 Å². The second kappa shape index (κ2) is 7.13. The SMILES string of the molecule is COc1cc(OC)cc(N2CCC(N(C)c3ncc(Cl)cn3)C2)c1. The lowest BCUT2D eigenvalue weighted by atomic mass is 10.2. The number of benzene rings is 1. The number of hydrogen-bond donors (Lipinski definition) is 0. The van der Waals surface area contributed by atoms with Gasteiger partial charge in [-0.05, 0) is 6.42 Å². The van der Waals surface area contributed by atoms with Crippen LogP contribution in [-0.2, 0) is 0 Å². The van der Waals surface area contributed by atoms with Crippen LogP contribution in [0.5, 0.6) is 11.5 Å². The van der Waals surface area contributed by atoms with Crippen molar-refractivity contribution in [2.75, 3.05) is 44.2 Å². The zero-order chi connectivity index (χ0) is 17.1. The summed E-state index contributed by atoms with van der Waals surface area (Å²) in [6.45, 7) is 1.84. The number of methoxy groups -OCH3 is 2. The predicted octanol–water partition coefficient (Wildman–Crippen LogP) is 2.86. The van der Waals surface area contributed by atoms with E-state index in [1.165, 1.54) is 0 Å². The van der Waals surface area contributed by atoms with E-state index in [1.54, 1.807) is 26.6 Å². The van der Waals surface area contributed by atoms with Crippen molar-refractivity contribution >= 4 is 23.2 Å². The van der Waals surface area contributed by atoms with E-state index in [9.17, 15) is 0 Å². The average Bonchev–Trinajstić information content (AvgIpc) is 3.11. The molecule has 1 aliphatic heterocycles. The molecule has 1 aliphatic rings. The number of ether oxygens (including phenoxy) is 2. The standard InChI is InChI=1S/C17H21ClN4O2/c1-21(17-19-9-12(18)10-20-17)13-4-5-22(11-13)14-6-15(23-2)8-16(7-14)24-3/h6-10,13H,4-5,11H2,1-3H3. The fourth-order valence-electron chi connectivity index (χ4n) is 2.92. The maximum Gasteiger partial charge on any atom is 0.225 e. The van der Waals surface area contributed by atoms with Crippen molar-refractivity contribution in [2.45, 2.75) is 12.5 Å². The van der Waals surface area contributed by atoms with Crippen LogP contribution in [0.3, 0.4) is 0 Å². The highest BCUT2D eigenvalue weighted by molar-refractivity contribution is 6.30. The number of nitrogens with zero attached hydrogens (tertiary/aromatic N) is 4. The smallest absolute Gasteiger partial charge is 0.225 e. The second-order valence-electron chi connectivity index (χ2n) is 5.77. The zero-order valence-corrected chi connectivity index (χ0v) is 14.8. The van der Waals surface area contributed by atoms with Gasteiger partial charge in [0.05, 0.1) is 37.7 Å². The molecule has 24 heavy (non-hydrogen) atoms. The molecule has 128 valence electrons. The van der Waals surface area contributed by atoms with Crippen LogP contribution >= 0.6 is 11.6 Å². The molecule has 7 heteroatoms. The Hall–Kier alpha value is -2.21. The Kier molecular flexibility index (Phi) is 4.94. The molecule has 1 aromatic heterocycles. The van der Waals surface area contributed by atoms with Crippen LogP contribution < -0.4 is 19.3 Å². The molecule has 3 rings (SSSR count). The van der Waals surface area contributed by atoms with Crippen molar-refractivity contribution in [1.82, 2.24) is 9.97 Å². The first-order chi connectivity index (χ1) is 11.6. The fourth-order valence-corrected chi connectivity index (χ4v) is 3.02. The average molecular weight is 349 g/mol. The summed E-state index contributed by atoms with van der Waals surface area (Å²) in [4.78, 5) is 13.0. The Bertz CT molecular complexity index is 673. The molecule has 1 saturated heterocycles. The third-order valence-electron chi connectivity index (χ3n) is 4.33. The number of halogens is 1. The molecule has 0 bridgehead atoms. The number of aromatic nitrogens is 2. The molecular weight excluding hydrogens is 328 g/mol. The molecule has 0 aliphatic carbocycles. The van der Waals surface area contributed by atoms with Gasteiger partial charge in [0.15, 0.2) is 0 Å². The summed E-state index contributed by atoms with van der Waals surface area (Å²) in [5, 5.41) is 0.545. The van der Waals surface area contributed by atoms with Crippen LogP contribution in [0.4, 0.5) is 11.6 Å². The van der Waals surface area contributed by atoms with Gasteiger partial charge in [0.25, 0.3) is 0 Å². The van der Waals surface area contributed by atoms with E-state index in [4.69, 9.17) is 21.1 Å². The summed E-state index contributed by atoms with van der Waals surface area (Å²) >= 11 is 5.86. The summed E-state index contributed by atoms with van der Waals surface area (Å²) in [5.41, 5.74) is 1.10. The summed E-state index contributed by atoms with van der Waals surface area (Å²) in [5.74, 6) is 2.28. The van der Waals surface area contributed by atoms with Crippen LogP contribution in [0, 0.1) is 0 Å². The largest absolute Gasteiger partial charge is 0.497 e.